The Labute approximate surface area is 312 Å². The average molecular weight is 693 g/mol. The fourth-order valence-electron chi connectivity index (χ4n) is 7.56. The highest BCUT2D eigenvalue weighted by molar-refractivity contribution is 7.26. The van der Waals surface area contributed by atoms with Gasteiger partial charge >= 0.3 is 0 Å². The lowest BCUT2D eigenvalue weighted by atomic mass is 9.90. The van der Waals surface area contributed by atoms with E-state index in [1.807, 2.05) is 29.5 Å². The maximum atomic E-state index is 5.32. The van der Waals surface area contributed by atoms with E-state index in [0.717, 1.165) is 39.2 Å². The molecule has 0 spiro atoms. The monoisotopic (exact) mass is 692 g/mol. The van der Waals surface area contributed by atoms with Crippen molar-refractivity contribution in [2.75, 3.05) is 0 Å². The second-order valence-electron chi connectivity index (χ2n) is 13.3. The van der Waals surface area contributed by atoms with Crippen LogP contribution in [0, 0.1) is 0 Å². The van der Waals surface area contributed by atoms with Gasteiger partial charge in [0, 0.05) is 36.9 Å². The zero-order valence-corrected chi connectivity index (χ0v) is 29.6. The molecule has 3 heteroatoms. The predicted molar refractivity (Wildman–Crippen MR) is 225 cm³/mol. The van der Waals surface area contributed by atoms with Gasteiger partial charge in [-0.3, -0.25) is 0 Å². The van der Waals surface area contributed by atoms with Crippen LogP contribution in [0.4, 0.5) is 0 Å². The van der Waals surface area contributed by atoms with Crippen LogP contribution in [0.5, 0.6) is 0 Å². The third kappa shape index (κ3) is 5.68. The Hall–Kier alpha value is -6.68. The van der Waals surface area contributed by atoms with Gasteiger partial charge in [-0.1, -0.05) is 164 Å². The fourth-order valence-corrected chi connectivity index (χ4v) is 8.80. The molecule has 10 rings (SSSR count). The maximum Gasteiger partial charge on any atom is 0.160 e. The highest BCUT2D eigenvalue weighted by Gasteiger charge is 2.18. The Bertz CT molecular complexity index is 2940. The van der Waals surface area contributed by atoms with E-state index in [1.165, 1.54) is 53.2 Å². The molecule has 0 amide bonds. The van der Waals surface area contributed by atoms with E-state index in [4.69, 9.17) is 9.97 Å². The van der Waals surface area contributed by atoms with Crippen LogP contribution in [0.3, 0.4) is 0 Å². The molecule has 0 aliphatic heterocycles. The second-order valence-corrected chi connectivity index (χ2v) is 14.4. The smallest absolute Gasteiger partial charge is 0.160 e. The second kappa shape index (κ2) is 13.1. The first-order valence-corrected chi connectivity index (χ1v) is 18.7. The molecule has 0 atom stereocenters. The van der Waals surface area contributed by atoms with Crippen molar-refractivity contribution in [3.63, 3.8) is 0 Å². The van der Waals surface area contributed by atoms with Crippen LogP contribution in [0.25, 0.3) is 98.2 Å². The predicted octanol–water partition coefficient (Wildman–Crippen LogP) is 14.0. The van der Waals surface area contributed by atoms with E-state index in [0.29, 0.717) is 5.82 Å². The lowest BCUT2D eigenvalue weighted by Gasteiger charge is -2.16. The number of thiophene rings is 1. The summed E-state index contributed by atoms with van der Waals surface area (Å²) in [6.45, 7) is 0. The topological polar surface area (TPSA) is 25.8 Å². The van der Waals surface area contributed by atoms with Crippen molar-refractivity contribution in [1.29, 1.82) is 0 Å². The van der Waals surface area contributed by atoms with Gasteiger partial charge in [-0.05, 0) is 74.5 Å². The Morgan fingerprint density at radius 1 is 0.321 bits per heavy atom. The molecule has 0 saturated heterocycles. The van der Waals surface area contributed by atoms with Crippen molar-refractivity contribution in [2.24, 2.45) is 0 Å². The molecule has 0 aliphatic carbocycles. The Balaban J connectivity index is 1.25. The Kier molecular flexibility index (Phi) is 7.71. The van der Waals surface area contributed by atoms with Crippen molar-refractivity contribution in [3.05, 3.63) is 194 Å². The summed E-state index contributed by atoms with van der Waals surface area (Å²) in [6, 6.07) is 69.2. The highest BCUT2D eigenvalue weighted by Crippen LogP contribution is 2.43. The first-order chi connectivity index (χ1) is 26.3. The van der Waals surface area contributed by atoms with Gasteiger partial charge < -0.3 is 0 Å². The molecule has 0 bridgehead atoms. The minimum atomic E-state index is 0.703. The van der Waals surface area contributed by atoms with E-state index < -0.39 is 0 Å². The third-order valence-corrected chi connectivity index (χ3v) is 11.3. The van der Waals surface area contributed by atoms with Crippen LogP contribution in [0.15, 0.2) is 194 Å². The van der Waals surface area contributed by atoms with Gasteiger partial charge in [-0.15, -0.1) is 11.3 Å². The fraction of sp³-hybridized carbons (Fsp3) is 0. The number of fused-ring (bicyclic) bond motifs is 4. The first-order valence-electron chi connectivity index (χ1n) is 17.9. The minimum Gasteiger partial charge on any atom is -0.228 e. The molecule has 10 aromatic rings. The van der Waals surface area contributed by atoms with Gasteiger partial charge in [0.15, 0.2) is 5.82 Å². The van der Waals surface area contributed by atoms with Gasteiger partial charge in [0.05, 0.1) is 11.4 Å². The largest absolute Gasteiger partial charge is 0.228 e. The van der Waals surface area contributed by atoms with Crippen molar-refractivity contribution in [2.45, 2.75) is 0 Å². The SMILES string of the molecule is c1ccc(-c2nc(-c3cc(-c4ccccc4-c4ccccc4)cc(-c4cccc5c4sc4ccccc45)c3)cc(-c3cccc4ccccc34)n2)cc1. The summed E-state index contributed by atoms with van der Waals surface area (Å²) < 4.78 is 2.58. The van der Waals surface area contributed by atoms with E-state index in [1.54, 1.807) is 0 Å². The van der Waals surface area contributed by atoms with E-state index >= 15 is 0 Å². The van der Waals surface area contributed by atoms with Gasteiger partial charge in [-0.2, -0.15) is 0 Å². The molecule has 0 aliphatic rings. The van der Waals surface area contributed by atoms with Crippen LogP contribution < -0.4 is 0 Å². The molecule has 2 aromatic heterocycles. The third-order valence-electron chi connectivity index (χ3n) is 10.1. The number of rotatable bonds is 6. The molecule has 0 N–H and O–H groups in total. The zero-order valence-electron chi connectivity index (χ0n) is 28.8. The van der Waals surface area contributed by atoms with E-state index in [-0.39, 0.29) is 0 Å². The van der Waals surface area contributed by atoms with Crippen LogP contribution in [0.2, 0.25) is 0 Å². The normalized spacial score (nSPS) is 11.4. The Morgan fingerprint density at radius 3 is 1.66 bits per heavy atom. The summed E-state index contributed by atoms with van der Waals surface area (Å²) in [5.41, 5.74) is 12.0. The average Bonchev–Trinajstić information content (AvgIpc) is 3.63. The van der Waals surface area contributed by atoms with Crippen molar-refractivity contribution < 1.29 is 0 Å². The molecule has 0 saturated carbocycles. The molecule has 248 valence electrons. The van der Waals surface area contributed by atoms with Gasteiger partial charge in [-0.25, -0.2) is 9.97 Å². The molecule has 2 heterocycles. The molecular formula is C50H32N2S. The summed E-state index contributed by atoms with van der Waals surface area (Å²) in [5, 5.41) is 4.93. The van der Waals surface area contributed by atoms with E-state index in [9.17, 15) is 0 Å². The molecular weight excluding hydrogens is 661 g/mol. The summed E-state index contributed by atoms with van der Waals surface area (Å²) in [4.78, 5) is 10.5. The van der Waals surface area contributed by atoms with Gasteiger partial charge in [0.2, 0.25) is 0 Å². The zero-order chi connectivity index (χ0) is 35.1. The van der Waals surface area contributed by atoms with Crippen LogP contribution in [-0.2, 0) is 0 Å². The number of aromatic nitrogens is 2. The lowest BCUT2D eigenvalue weighted by molar-refractivity contribution is 1.18. The number of nitrogens with zero attached hydrogens (tertiary/aromatic N) is 2. The van der Waals surface area contributed by atoms with Crippen molar-refractivity contribution in [3.8, 4) is 67.3 Å². The van der Waals surface area contributed by atoms with E-state index in [2.05, 4.69) is 176 Å². The molecule has 0 fully saturated rings. The quantitative estimate of drug-likeness (QED) is 0.173. The number of hydrogen-bond acceptors (Lipinski definition) is 3. The van der Waals surface area contributed by atoms with Crippen LogP contribution in [0.1, 0.15) is 0 Å². The summed E-state index contributed by atoms with van der Waals surface area (Å²) in [6.07, 6.45) is 0. The Morgan fingerprint density at radius 2 is 0.849 bits per heavy atom. The van der Waals surface area contributed by atoms with Gasteiger partial charge in [0.1, 0.15) is 0 Å². The summed E-state index contributed by atoms with van der Waals surface area (Å²) in [7, 11) is 0. The van der Waals surface area contributed by atoms with Crippen molar-refractivity contribution in [1.82, 2.24) is 9.97 Å². The van der Waals surface area contributed by atoms with Crippen LogP contribution in [-0.4, -0.2) is 9.97 Å². The first kappa shape index (κ1) is 31.1. The molecule has 0 unspecified atom stereocenters. The summed E-state index contributed by atoms with van der Waals surface area (Å²) in [5.74, 6) is 0.703. The van der Waals surface area contributed by atoms with Gasteiger partial charge in [0.25, 0.3) is 0 Å². The standard InChI is InChI=1S/C50H32N2S/c1-3-15-33(16-4-1)39-21-9-10-23-41(39)36-29-37(42-25-14-27-45-44-24-11-12-28-48(44)53-49(42)45)31-38(30-36)46-32-47(52-50(51-46)35-18-5-2-6-19-35)43-26-13-20-34-17-7-8-22-40(34)43/h1-32H. The van der Waals surface area contributed by atoms with Crippen molar-refractivity contribution >= 4 is 42.3 Å². The number of hydrogen-bond donors (Lipinski definition) is 0. The molecule has 0 radical (unpaired) electrons. The maximum absolute atomic E-state index is 5.32. The lowest BCUT2D eigenvalue weighted by Crippen LogP contribution is -1.97. The molecule has 8 aromatic carbocycles. The molecule has 2 nitrogen and oxygen atoms in total. The van der Waals surface area contributed by atoms with Crippen LogP contribution >= 0.6 is 11.3 Å². The minimum absolute atomic E-state index is 0.703. The highest BCUT2D eigenvalue weighted by atomic mass is 32.1. The number of benzene rings is 8. The summed E-state index contributed by atoms with van der Waals surface area (Å²) >= 11 is 1.86. The molecule has 53 heavy (non-hydrogen) atoms.